The van der Waals surface area contributed by atoms with Crippen molar-refractivity contribution in [2.75, 3.05) is 11.8 Å². The Balaban J connectivity index is 1.95. The number of halogens is 3. The van der Waals surface area contributed by atoms with Crippen molar-refractivity contribution in [3.63, 3.8) is 0 Å². The zero-order valence-electron chi connectivity index (χ0n) is 17.2. The summed E-state index contributed by atoms with van der Waals surface area (Å²) in [5, 5.41) is 0.469. The number of pyridine rings is 1. The number of fused-ring (bicyclic) bond motifs is 1. The van der Waals surface area contributed by atoms with Crippen molar-refractivity contribution in [1.29, 1.82) is 0 Å². The number of ether oxygens (including phenoxy) is 1. The van der Waals surface area contributed by atoms with Gasteiger partial charge in [-0.25, -0.2) is 17.9 Å². The predicted octanol–water partition coefficient (Wildman–Crippen LogP) is 3.62. The van der Waals surface area contributed by atoms with Crippen LogP contribution in [0, 0.1) is 17.5 Å². The fraction of sp³-hybridized carbons (Fsp3) is 0.0952. The number of nitrogens with zero attached hydrogens (tertiary/aromatic N) is 1. The van der Waals surface area contributed by atoms with Gasteiger partial charge in [0, 0.05) is 55.1 Å². The van der Waals surface area contributed by atoms with Gasteiger partial charge in [-0.3, -0.25) is 9.52 Å². The maximum atomic E-state index is 14.2. The summed E-state index contributed by atoms with van der Waals surface area (Å²) in [7, 11) is -1.14. The topological polar surface area (TPSA) is 105 Å². The molecule has 0 amide bonds. The molecule has 0 spiro atoms. The first-order valence-electron chi connectivity index (χ1n) is 9.44. The molecule has 2 aromatic carbocycles. The Hall–Kier alpha value is -3.77. The maximum Gasteiger partial charge on any atom is 0.298 e. The van der Waals surface area contributed by atoms with Crippen molar-refractivity contribution in [3.05, 3.63) is 76.6 Å². The Morgan fingerprint density at radius 1 is 1.03 bits per heavy atom. The second-order valence-electron chi connectivity index (χ2n) is 7.05. The minimum absolute atomic E-state index is 0.0621. The van der Waals surface area contributed by atoms with E-state index in [1.165, 1.54) is 43.1 Å². The minimum atomic E-state index is -3.87. The molecule has 3 N–H and O–H groups in total. The third kappa shape index (κ3) is 4.30. The number of aromatic nitrogens is 2. The molecule has 0 aliphatic rings. The van der Waals surface area contributed by atoms with Gasteiger partial charge in [0.1, 0.15) is 17.1 Å². The van der Waals surface area contributed by atoms with Crippen LogP contribution in [0.5, 0.6) is 11.5 Å². The number of aromatic amines is 1. The van der Waals surface area contributed by atoms with Gasteiger partial charge >= 0.3 is 0 Å². The molecule has 2 heterocycles. The van der Waals surface area contributed by atoms with Crippen LogP contribution in [0.15, 0.2) is 53.6 Å². The Bertz CT molecular complexity index is 1520. The second-order valence-corrected chi connectivity index (χ2v) is 8.67. The van der Waals surface area contributed by atoms with Crippen molar-refractivity contribution >= 4 is 26.8 Å². The van der Waals surface area contributed by atoms with Crippen molar-refractivity contribution in [2.45, 2.75) is 0 Å². The zero-order chi connectivity index (χ0) is 23.9. The third-order valence-electron chi connectivity index (χ3n) is 4.86. The van der Waals surface area contributed by atoms with Gasteiger partial charge in [0.25, 0.3) is 15.8 Å². The van der Waals surface area contributed by atoms with E-state index in [2.05, 4.69) is 14.4 Å². The highest BCUT2D eigenvalue weighted by Crippen LogP contribution is 2.39. The molecule has 33 heavy (non-hydrogen) atoms. The normalized spacial score (nSPS) is 11.7. The lowest BCUT2D eigenvalue weighted by Crippen LogP contribution is -2.26. The predicted molar refractivity (Wildman–Crippen MR) is 117 cm³/mol. The van der Waals surface area contributed by atoms with Gasteiger partial charge < -0.3 is 14.3 Å². The van der Waals surface area contributed by atoms with E-state index in [0.717, 1.165) is 0 Å². The number of nitrogens with one attached hydrogen (secondary N) is 3. The van der Waals surface area contributed by atoms with Crippen LogP contribution in [0.4, 0.5) is 18.9 Å². The van der Waals surface area contributed by atoms with Crippen LogP contribution >= 0.6 is 0 Å². The number of benzene rings is 2. The molecule has 0 atom stereocenters. The summed E-state index contributed by atoms with van der Waals surface area (Å²) in [6.07, 6.45) is 3.03. The Morgan fingerprint density at radius 3 is 2.39 bits per heavy atom. The van der Waals surface area contributed by atoms with E-state index in [-0.39, 0.29) is 28.1 Å². The number of aryl methyl sites for hydroxylation is 1. The average molecular weight is 478 g/mol. The lowest BCUT2D eigenvalue weighted by atomic mass is 10.0. The smallest absolute Gasteiger partial charge is 0.298 e. The van der Waals surface area contributed by atoms with Crippen molar-refractivity contribution in [2.24, 2.45) is 7.05 Å². The summed E-state index contributed by atoms with van der Waals surface area (Å²) >= 11 is 0. The number of rotatable bonds is 6. The van der Waals surface area contributed by atoms with E-state index >= 15 is 0 Å². The second kappa shape index (κ2) is 8.30. The minimum Gasteiger partial charge on any atom is -0.451 e. The van der Waals surface area contributed by atoms with Crippen molar-refractivity contribution < 1.29 is 26.3 Å². The van der Waals surface area contributed by atoms with Gasteiger partial charge in [0.2, 0.25) is 0 Å². The van der Waals surface area contributed by atoms with Gasteiger partial charge in [-0.2, -0.15) is 8.42 Å². The molecule has 0 fully saturated rings. The fourth-order valence-corrected chi connectivity index (χ4v) is 3.86. The Morgan fingerprint density at radius 2 is 1.73 bits per heavy atom. The molecule has 0 radical (unpaired) electrons. The number of hydrogen-bond acceptors (Lipinski definition) is 4. The van der Waals surface area contributed by atoms with E-state index in [9.17, 15) is 26.4 Å². The standard InChI is InChI=1S/C21H17F3N4O4S/c1-25-33(30,31)27-12-3-4-18(32-20-16(23)7-11(22)8-17(20)24)14(9-12)15-10-28(2)21(29)19-13(15)5-6-26-19/h3-10,25-27H,1-2H3. The molecule has 172 valence electrons. The van der Waals surface area contributed by atoms with Crippen molar-refractivity contribution in [1.82, 2.24) is 14.3 Å². The number of H-pyrrole nitrogens is 1. The molecule has 4 rings (SSSR count). The van der Waals surface area contributed by atoms with Gasteiger partial charge in [-0.1, -0.05) is 0 Å². The van der Waals surface area contributed by atoms with Crippen LogP contribution in [-0.2, 0) is 17.3 Å². The number of anilines is 1. The van der Waals surface area contributed by atoms with Gasteiger partial charge in [0.05, 0.1) is 5.69 Å². The summed E-state index contributed by atoms with van der Waals surface area (Å²) in [5.74, 6) is -4.53. The van der Waals surface area contributed by atoms with E-state index in [4.69, 9.17) is 4.74 Å². The highest BCUT2D eigenvalue weighted by molar-refractivity contribution is 7.90. The first kappa shape index (κ1) is 22.4. The zero-order valence-corrected chi connectivity index (χ0v) is 18.1. The van der Waals surface area contributed by atoms with E-state index < -0.39 is 33.4 Å². The molecule has 0 aliphatic carbocycles. The van der Waals surface area contributed by atoms with Crippen LogP contribution in [0.1, 0.15) is 0 Å². The van der Waals surface area contributed by atoms with Crippen LogP contribution in [-0.4, -0.2) is 25.0 Å². The van der Waals surface area contributed by atoms with E-state index in [1.54, 1.807) is 12.3 Å². The van der Waals surface area contributed by atoms with Gasteiger partial charge in [-0.15, -0.1) is 0 Å². The summed E-state index contributed by atoms with van der Waals surface area (Å²) in [6.45, 7) is 0. The molecule has 0 bridgehead atoms. The summed E-state index contributed by atoms with van der Waals surface area (Å²) in [5.41, 5.74) is 0.695. The molecule has 2 aromatic heterocycles. The number of hydrogen-bond donors (Lipinski definition) is 3. The Kier molecular flexibility index (Phi) is 5.64. The first-order valence-corrected chi connectivity index (χ1v) is 10.9. The van der Waals surface area contributed by atoms with Crippen LogP contribution in [0.25, 0.3) is 22.0 Å². The molecular weight excluding hydrogens is 461 g/mol. The maximum absolute atomic E-state index is 14.2. The van der Waals surface area contributed by atoms with Crippen LogP contribution in [0.2, 0.25) is 0 Å². The lowest BCUT2D eigenvalue weighted by Gasteiger charge is -2.16. The van der Waals surface area contributed by atoms with E-state index in [1.807, 2.05) is 0 Å². The fourth-order valence-electron chi connectivity index (χ4n) is 3.32. The molecule has 0 saturated heterocycles. The largest absolute Gasteiger partial charge is 0.451 e. The lowest BCUT2D eigenvalue weighted by molar-refractivity contribution is 0.402. The summed E-state index contributed by atoms with van der Waals surface area (Å²) < 4.78 is 76.9. The van der Waals surface area contributed by atoms with Gasteiger partial charge in [0.15, 0.2) is 17.4 Å². The molecule has 4 aromatic rings. The van der Waals surface area contributed by atoms with Gasteiger partial charge in [-0.05, 0) is 24.3 Å². The summed E-state index contributed by atoms with van der Waals surface area (Å²) in [4.78, 5) is 15.3. The molecule has 8 nitrogen and oxygen atoms in total. The first-order chi connectivity index (χ1) is 15.6. The SMILES string of the molecule is CNS(=O)(=O)Nc1ccc(Oc2c(F)cc(F)cc2F)c(-c2cn(C)c(=O)c3[nH]ccc23)c1. The molecule has 12 heteroatoms. The molecule has 0 unspecified atom stereocenters. The quantitative estimate of drug-likeness (QED) is 0.394. The Labute approximate surface area is 185 Å². The molecule has 0 aliphatic heterocycles. The average Bonchev–Trinajstić information content (AvgIpc) is 3.24. The third-order valence-corrected chi connectivity index (χ3v) is 5.90. The van der Waals surface area contributed by atoms with Crippen LogP contribution in [0.3, 0.4) is 0 Å². The molecular formula is C21H17F3N4O4S. The van der Waals surface area contributed by atoms with Crippen molar-refractivity contribution in [3.8, 4) is 22.6 Å². The van der Waals surface area contributed by atoms with E-state index in [0.29, 0.717) is 23.1 Å². The highest BCUT2D eigenvalue weighted by Gasteiger charge is 2.20. The highest BCUT2D eigenvalue weighted by atomic mass is 32.2. The molecule has 0 saturated carbocycles. The van der Waals surface area contributed by atoms with Crippen LogP contribution < -0.4 is 19.7 Å². The monoisotopic (exact) mass is 478 g/mol. The summed E-state index contributed by atoms with van der Waals surface area (Å²) in [6, 6.07) is 6.58.